The Hall–Kier alpha value is -0.330. The summed E-state index contributed by atoms with van der Waals surface area (Å²) in [5.74, 6) is 1.23. The van der Waals surface area contributed by atoms with Crippen molar-refractivity contribution >= 4 is 5.78 Å². The van der Waals surface area contributed by atoms with Crippen LogP contribution in [0.3, 0.4) is 0 Å². The number of hydrogen-bond donors (Lipinski definition) is 0. The Morgan fingerprint density at radius 1 is 1.50 bits per heavy atom. The molecule has 0 saturated heterocycles. The van der Waals surface area contributed by atoms with Gasteiger partial charge in [-0.05, 0) is 30.6 Å². The lowest BCUT2D eigenvalue weighted by atomic mass is 9.67. The van der Waals surface area contributed by atoms with Gasteiger partial charge in [-0.3, -0.25) is 4.79 Å². The van der Waals surface area contributed by atoms with Crippen molar-refractivity contribution in [2.75, 3.05) is 0 Å². The molecule has 2 aliphatic carbocycles. The Bertz CT molecular complexity index is 229. The largest absolute Gasteiger partial charge is 0.299 e. The standard InChI is InChI=1S/C11H18O/c1-4-11-6-5-8(7-9(11)12)10(11,2)3/h8H,4-7H2,1-3H3. The monoisotopic (exact) mass is 166 g/mol. The Balaban J connectivity index is 2.46. The maximum Gasteiger partial charge on any atom is 0.139 e. The molecule has 2 saturated carbocycles. The van der Waals surface area contributed by atoms with Crippen LogP contribution in [0.5, 0.6) is 0 Å². The van der Waals surface area contributed by atoms with E-state index in [0.717, 1.165) is 19.3 Å². The van der Waals surface area contributed by atoms with Crippen LogP contribution in [0.25, 0.3) is 0 Å². The molecule has 0 aromatic rings. The van der Waals surface area contributed by atoms with Crippen molar-refractivity contribution < 1.29 is 4.79 Å². The summed E-state index contributed by atoms with van der Waals surface area (Å²) in [6.07, 6.45) is 4.35. The minimum absolute atomic E-state index is 0.0671. The summed E-state index contributed by atoms with van der Waals surface area (Å²) in [5.41, 5.74) is 0.358. The highest BCUT2D eigenvalue weighted by Gasteiger charge is 2.62. The number of hydrogen-bond acceptors (Lipinski definition) is 1. The van der Waals surface area contributed by atoms with E-state index in [4.69, 9.17) is 0 Å². The van der Waals surface area contributed by atoms with Gasteiger partial charge < -0.3 is 0 Å². The van der Waals surface area contributed by atoms with Crippen LogP contribution in [0.4, 0.5) is 0 Å². The number of rotatable bonds is 1. The molecule has 0 radical (unpaired) electrons. The molecule has 2 rings (SSSR count). The van der Waals surface area contributed by atoms with E-state index < -0.39 is 0 Å². The minimum atomic E-state index is 0.0671. The van der Waals surface area contributed by atoms with Crippen molar-refractivity contribution in [3.8, 4) is 0 Å². The van der Waals surface area contributed by atoms with E-state index in [9.17, 15) is 4.79 Å². The molecule has 2 atom stereocenters. The quantitative estimate of drug-likeness (QED) is 0.585. The van der Waals surface area contributed by atoms with Gasteiger partial charge in [0.05, 0.1) is 0 Å². The van der Waals surface area contributed by atoms with Crippen LogP contribution in [0, 0.1) is 16.7 Å². The zero-order valence-corrected chi connectivity index (χ0v) is 8.31. The predicted octanol–water partition coefficient (Wildman–Crippen LogP) is 2.79. The van der Waals surface area contributed by atoms with Gasteiger partial charge in [0, 0.05) is 11.8 Å². The van der Waals surface area contributed by atoms with Gasteiger partial charge in [-0.1, -0.05) is 20.8 Å². The van der Waals surface area contributed by atoms with Crippen LogP contribution in [0.15, 0.2) is 0 Å². The van der Waals surface area contributed by atoms with Crippen LogP contribution < -0.4 is 0 Å². The fourth-order valence-corrected chi connectivity index (χ4v) is 3.60. The van der Waals surface area contributed by atoms with Crippen molar-refractivity contribution in [2.24, 2.45) is 16.7 Å². The molecule has 2 fully saturated rings. The van der Waals surface area contributed by atoms with Crippen LogP contribution >= 0.6 is 0 Å². The lowest BCUT2D eigenvalue weighted by molar-refractivity contribution is -0.129. The first-order valence-corrected chi connectivity index (χ1v) is 5.08. The SMILES string of the molecule is CCC12CCC(CC1=O)C2(C)C. The summed E-state index contributed by atoms with van der Waals surface area (Å²) < 4.78 is 0. The Morgan fingerprint density at radius 3 is 2.42 bits per heavy atom. The third kappa shape index (κ3) is 0.641. The van der Waals surface area contributed by atoms with E-state index in [1.165, 1.54) is 6.42 Å². The van der Waals surface area contributed by atoms with Crippen LogP contribution in [0.1, 0.15) is 46.5 Å². The maximum atomic E-state index is 11.8. The smallest absolute Gasteiger partial charge is 0.139 e. The molecule has 2 unspecified atom stereocenters. The fourth-order valence-electron chi connectivity index (χ4n) is 3.60. The highest BCUT2D eigenvalue weighted by molar-refractivity contribution is 5.89. The van der Waals surface area contributed by atoms with Crippen molar-refractivity contribution in [3.05, 3.63) is 0 Å². The van der Waals surface area contributed by atoms with Crippen molar-refractivity contribution in [1.82, 2.24) is 0 Å². The summed E-state index contributed by atoms with van der Waals surface area (Å²) >= 11 is 0. The second kappa shape index (κ2) is 2.12. The molecule has 0 spiro atoms. The normalized spacial score (nSPS) is 43.9. The molecule has 2 aliphatic rings. The van der Waals surface area contributed by atoms with Crippen LogP contribution in [0.2, 0.25) is 0 Å². The summed E-state index contributed by atoms with van der Waals surface area (Å²) in [6.45, 7) is 6.76. The predicted molar refractivity (Wildman–Crippen MR) is 48.9 cm³/mol. The van der Waals surface area contributed by atoms with E-state index in [2.05, 4.69) is 20.8 Å². The first-order chi connectivity index (χ1) is 5.54. The molecular formula is C11H18O. The average molecular weight is 166 g/mol. The zero-order chi connectivity index (χ0) is 8.98. The molecule has 1 nitrogen and oxygen atoms in total. The zero-order valence-electron chi connectivity index (χ0n) is 8.31. The molecule has 0 aromatic carbocycles. The van der Waals surface area contributed by atoms with Gasteiger partial charge in [0.1, 0.15) is 5.78 Å². The van der Waals surface area contributed by atoms with Crippen LogP contribution in [-0.4, -0.2) is 5.78 Å². The molecular weight excluding hydrogens is 148 g/mol. The first-order valence-electron chi connectivity index (χ1n) is 5.08. The molecule has 12 heavy (non-hydrogen) atoms. The van der Waals surface area contributed by atoms with Gasteiger partial charge in [-0.2, -0.15) is 0 Å². The molecule has 0 aliphatic heterocycles. The molecule has 2 bridgehead atoms. The van der Waals surface area contributed by atoms with E-state index in [1.54, 1.807) is 0 Å². The van der Waals surface area contributed by atoms with E-state index in [0.29, 0.717) is 17.1 Å². The number of fused-ring (bicyclic) bond motifs is 2. The summed E-state index contributed by atoms with van der Waals surface area (Å²) in [6, 6.07) is 0. The van der Waals surface area contributed by atoms with E-state index >= 15 is 0 Å². The molecule has 0 aromatic heterocycles. The number of Topliss-reactive ketones (excluding diaryl/α,β-unsaturated/α-hetero) is 1. The van der Waals surface area contributed by atoms with E-state index in [1.807, 2.05) is 0 Å². The molecule has 0 amide bonds. The molecule has 68 valence electrons. The topological polar surface area (TPSA) is 17.1 Å². The van der Waals surface area contributed by atoms with Gasteiger partial charge in [0.25, 0.3) is 0 Å². The van der Waals surface area contributed by atoms with Gasteiger partial charge in [-0.25, -0.2) is 0 Å². The van der Waals surface area contributed by atoms with Crippen molar-refractivity contribution in [3.63, 3.8) is 0 Å². The Labute approximate surface area is 74.5 Å². The maximum absolute atomic E-state index is 11.8. The number of ketones is 1. The molecule has 0 heterocycles. The molecule has 0 N–H and O–H groups in total. The van der Waals surface area contributed by atoms with Crippen molar-refractivity contribution in [1.29, 1.82) is 0 Å². The van der Waals surface area contributed by atoms with E-state index in [-0.39, 0.29) is 5.41 Å². The van der Waals surface area contributed by atoms with Gasteiger partial charge in [-0.15, -0.1) is 0 Å². The molecule has 1 heteroatoms. The number of carbonyl (C=O) groups is 1. The summed E-state index contributed by atoms with van der Waals surface area (Å²) in [4.78, 5) is 11.8. The van der Waals surface area contributed by atoms with Gasteiger partial charge >= 0.3 is 0 Å². The average Bonchev–Trinajstić information content (AvgIpc) is 2.36. The van der Waals surface area contributed by atoms with Crippen molar-refractivity contribution in [2.45, 2.75) is 46.5 Å². The highest BCUT2D eigenvalue weighted by atomic mass is 16.1. The second-order valence-corrected chi connectivity index (χ2v) is 5.02. The fraction of sp³-hybridized carbons (Fsp3) is 0.909. The second-order valence-electron chi connectivity index (χ2n) is 5.02. The lowest BCUT2D eigenvalue weighted by Gasteiger charge is -2.35. The third-order valence-electron chi connectivity index (χ3n) is 4.74. The third-order valence-corrected chi connectivity index (χ3v) is 4.74. The highest BCUT2D eigenvalue weighted by Crippen LogP contribution is 2.65. The summed E-state index contributed by atoms with van der Waals surface area (Å²) in [7, 11) is 0. The lowest BCUT2D eigenvalue weighted by Crippen LogP contribution is -2.34. The number of carbonyl (C=O) groups excluding carboxylic acids is 1. The van der Waals surface area contributed by atoms with Crippen LogP contribution in [-0.2, 0) is 4.79 Å². The first kappa shape index (κ1) is 8.28. The minimum Gasteiger partial charge on any atom is -0.299 e. The Morgan fingerprint density at radius 2 is 2.17 bits per heavy atom. The van der Waals surface area contributed by atoms with Gasteiger partial charge in [0.15, 0.2) is 0 Å². The van der Waals surface area contributed by atoms with Gasteiger partial charge in [0.2, 0.25) is 0 Å². The summed E-state index contributed by atoms with van der Waals surface area (Å²) in [5, 5.41) is 0. The Kier molecular flexibility index (Phi) is 1.47.